The van der Waals surface area contributed by atoms with E-state index < -0.39 is 0 Å². The molecule has 134 valence electrons. The molecule has 0 aliphatic heterocycles. The topological polar surface area (TPSA) is 112 Å². The third kappa shape index (κ3) is 3.59. The number of nitrogens with one attached hydrogen (secondary N) is 2. The number of aromatic amines is 1. The van der Waals surface area contributed by atoms with Crippen molar-refractivity contribution < 1.29 is 0 Å². The molecule has 3 heterocycles. The van der Waals surface area contributed by atoms with Crippen molar-refractivity contribution in [3.63, 3.8) is 0 Å². The predicted octanol–water partition coefficient (Wildman–Crippen LogP) is 2.78. The first kappa shape index (κ1) is 17.1. The van der Waals surface area contributed by atoms with Gasteiger partial charge in [-0.3, -0.25) is 9.89 Å². The fourth-order valence-electron chi connectivity index (χ4n) is 3.07. The molecule has 1 aliphatic carbocycles. The molecule has 2 N–H and O–H groups in total. The van der Waals surface area contributed by atoms with Crippen LogP contribution >= 0.6 is 23.1 Å². The third-order valence-corrected chi connectivity index (χ3v) is 6.38. The van der Waals surface area contributed by atoms with Crippen molar-refractivity contribution in [2.24, 2.45) is 0 Å². The van der Waals surface area contributed by atoms with Crippen LogP contribution in [0.5, 0.6) is 0 Å². The van der Waals surface area contributed by atoms with Crippen molar-refractivity contribution in [2.75, 3.05) is 5.32 Å². The van der Waals surface area contributed by atoms with Gasteiger partial charge in [0.15, 0.2) is 9.99 Å². The van der Waals surface area contributed by atoms with Gasteiger partial charge in [-0.15, -0.1) is 10.2 Å². The van der Waals surface area contributed by atoms with Crippen LogP contribution in [0.1, 0.15) is 43.4 Å². The Labute approximate surface area is 157 Å². The second-order valence-corrected chi connectivity index (χ2v) is 8.38. The lowest BCUT2D eigenvalue weighted by Gasteiger charge is -2.21. The Morgan fingerprint density at radius 1 is 1.38 bits per heavy atom. The molecule has 0 saturated heterocycles. The lowest BCUT2D eigenvalue weighted by molar-refractivity contribution is 0.462. The third-order valence-electron chi connectivity index (χ3n) is 4.35. The number of rotatable bonds is 5. The van der Waals surface area contributed by atoms with Crippen LogP contribution in [0.25, 0.3) is 5.65 Å². The SMILES string of the molecule is N#Cc1c[nH]n2c(=O)cc(CSc3nnc(NC4CCCCC4)s3)nc12. The summed E-state index contributed by atoms with van der Waals surface area (Å²) in [6.07, 6.45) is 7.72. The number of hydrogen-bond acceptors (Lipinski definition) is 8. The number of nitriles is 1. The molecule has 1 fully saturated rings. The minimum absolute atomic E-state index is 0.232. The van der Waals surface area contributed by atoms with Gasteiger partial charge in [0.2, 0.25) is 5.13 Å². The maximum absolute atomic E-state index is 12.1. The summed E-state index contributed by atoms with van der Waals surface area (Å²) in [5, 5.41) is 24.6. The molecule has 1 aliphatic rings. The zero-order chi connectivity index (χ0) is 17.9. The first-order valence-corrected chi connectivity index (χ1v) is 10.3. The molecule has 1 saturated carbocycles. The van der Waals surface area contributed by atoms with Crippen molar-refractivity contribution in [1.82, 2.24) is 24.8 Å². The lowest BCUT2D eigenvalue weighted by atomic mass is 9.96. The van der Waals surface area contributed by atoms with Crippen molar-refractivity contribution in [2.45, 2.75) is 48.2 Å². The molecule has 0 spiro atoms. The smallest absolute Gasteiger partial charge is 0.272 e. The molecule has 0 atom stereocenters. The first-order valence-electron chi connectivity index (χ1n) is 8.46. The van der Waals surface area contributed by atoms with Crippen LogP contribution in [0.3, 0.4) is 0 Å². The zero-order valence-electron chi connectivity index (χ0n) is 13.9. The van der Waals surface area contributed by atoms with E-state index >= 15 is 0 Å². The van der Waals surface area contributed by atoms with Gasteiger partial charge in [-0.05, 0) is 12.8 Å². The molecule has 3 aromatic heterocycles. The molecule has 3 aromatic rings. The Kier molecular flexibility index (Phi) is 4.90. The van der Waals surface area contributed by atoms with Gasteiger partial charge in [-0.25, -0.2) is 9.50 Å². The van der Waals surface area contributed by atoms with Gasteiger partial charge < -0.3 is 5.32 Å². The van der Waals surface area contributed by atoms with Crippen LogP contribution in [-0.4, -0.2) is 30.8 Å². The Balaban J connectivity index is 1.43. The molecule has 0 radical (unpaired) electrons. The Morgan fingerprint density at radius 3 is 3.04 bits per heavy atom. The Morgan fingerprint density at radius 2 is 2.23 bits per heavy atom. The molecular formula is C16H17N7OS2. The van der Waals surface area contributed by atoms with Crippen molar-refractivity contribution in [1.29, 1.82) is 5.26 Å². The van der Waals surface area contributed by atoms with E-state index in [9.17, 15) is 4.79 Å². The molecular weight excluding hydrogens is 370 g/mol. The van der Waals surface area contributed by atoms with Crippen LogP contribution in [0.2, 0.25) is 0 Å². The summed E-state index contributed by atoms with van der Waals surface area (Å²) in [6.45, 7) is 0. The van der Waals surface area contributed by atoms with Crippen LogP contribution < -0.4 is 10.9 Å². The highest BCUT2D eigenvalue weighted by Gasteiger charge is 2.15. The average Bonchev–Trinajstić information content (AvgIpc) is 3.27. The fourth-order valence-corrected chi connectivity index (χ4v) is 4.79. The number of H-pyrrole nitrogens is 1. The largest absolute Gasteiger partial charge is 0.357 e. The van der Waals surface area contributed by atoms with Crippen molar-refractivity contribution in [3.05, 3.63) is 33.9 Å². The van der Waals surface area contributed by atoms with Gasteiger partial charge >= 0.3 is 0 Å². The number of thioether (sulfide) groups is 1. The molecule has 0 unspecified atom stereocenters. The highest BCUT2D eigenvalue weighted by molar-refractivity contribution is 8.00. The van der Waals surface area contributed by atoms with Gasteiger partial charge in [0.25, 0.3) is 5.56 Å². The van der Waals surface area contributed by atoms with Crippen LogP contribution in [0, 0.1) is 11.3 Å². The normalized spacial score (nSPS) is 15.2. The standard InChI is InChI=1S/C16H17N7OS2/c17-7-10-8-18-23-13(24)6-12(19-14(10)23)9-25-16-22-21-15(26-16)20-11-4-2-1-3-5-11/h6,8,11,18H,1-5,9H2,(H,20,21). The van der Waals surface area contributed by atoms with Gasteiger partial charge in [-0.2, -0.15) is 5.26 Å². The van der Waals surface area contributed by atoms with E-state index in [4.69, 9.17) is 5.26 Å². The molecule has 0 amide bonds. The van der Waals surface area contributed by atoms with Crippen LogP contribution in [0.4, 0.5) is 5.13 Å². The summed E-state index contributed by atoms with van der Waals surface area (Å²) in [6, 6.07) is 4.00. The van der Waals surface area contributed by atoms with Crippen LogP contribution in [0.15, 0.2) is 21.4 Å². The summed E-state index contributed by atoms with van der Waals surface area (Å²) < 4.78 is 2.10. The Hall–Kier alpha value is -2.38. The maximum atomic E-state index is 12.1. The quantitative estimate of drug-likeness (QED) is 0.647. The lowest BCUT2D eigenvalue weighted by Crippen LogP contribution is -2.21. The maximum Gasteiger partial charge on any atom is 0.272 e. The van der Waals surface area contributed by atoms with E-state index in [1.54, 1.807) is 0 Å². The summed E-state index contributed by atoms with van der Waals surface area (Å²) in [7, 11) is 0. The minimum Gasteiger partial charge on any atom is -0.357 e. The van der Waals surface area contributed by atoms with E-state index in [1.807, 2.05) is 6.07 Å². The molecule has 4 rings (SSSR count). The van der Waals surface area contributed by atoms with Crippen molar-refractivity contribution in [3.8, 4) is 6.07 Å². The summed E-state index contributed by atoms with van der Waals surface area (Å²) in [4.78, 5) is 16.5. The Bertz CT molecular complexity index is 1010. The average molecular weight is 387 g/mol. The highest BCUT2D eigenvalue weighted by Crippen LogP contribution is 2.29. The van der Waals surface area contributed by atoms with E-state index in [1.165, 1.54) is 72.0 Å². The number of fused-ring (bicyclic) bond motifs is 1. The summed E-state index contributed by atoms with van der Waals surface area (Å²) in [5.74, 6) is 0.500. The first-order chi connectivity index (χ1) is 12.7. The number of nitrogens with zero attached hydrogens (tertiary/aromatic N) is 5. The van der Waals surface area contributed by atoms with E-state index in [0.717, 1.165) is 9.47 Å². The number of anilines is 1. The predicted molar refractivity (Wildman–Crippen MR) is 100 cm³/mol. The molecule has 0 bridgehead atoms. The van der Waals surface area contributed by atoms with Crippen LogP contribution in [-0.2, 0) is 5.75 Å². The molecule has 8 nitrogen and oxygen atoms in total. The number of aromatic nitrogens is 5. The van der Waals surface area contributed by atoms with E-state index in [2.05, 4.69) is 25.6 Å². The molecule has 10 heteroatoms. The van der Waals surface area contributed by atoms with Gasteiger partial charge in [0, 0.05) is 24.1 Å². The van der Waals surface area contributed by atoms with E-state index in [-0.39, 0.29) is 5.56 Å². The van der Waals surface area contributed by atoms with E-state index in [0.29, 0.717) is 28.7 Å². The molecule has 26 heavy (non-hydrogen) atoms. The molecule has 0 aromatic carbocycles. The zero-order valence-corrected chi connectivity index (χ0v) is 15.6. The van der Waals surface area contributed by atoms with Gasteiger partial charge in [0.1, 0.15) is 11.6 Å². The second-order valence-electron chi connectivity index (χ2n) is 6.18. The van der Waals surface area contributed by atoms with Gasteiger partial charge in [-0.1, -0.05) is 42.4 Å². The monoisotopic (exact) mass is 387 g/mol. The minimum atomic E-state index is -0.232. The fraction of sp³-hybridized carbons (Fsp3) is 0.438. The summed E-state index contributed by atoms with van der Waals surface area (Å²) >= 11 is 3.01. The summed E-state index contributed by atoms with van der Waals surface area (Å²) in [5.41, 5.74) is 1.09. The highest BCUT2D eigenvalue weighted by atomic mass is 32.2. The van der Waals surface area contributed by atoms with Gasteiger partial charge in [0.05, 0.1) is 5.69 Å². The number of hydrogen-bond donors (Lipinski definition) is 2. The second kappa shape index (κ2) is 7.47. The van der Waals surface area contributed by atoms with Crippen molar-refractivity contribution >= 4 is 33.9 Å².